The molecule has 86 valence electrons. The summed E-state index contributed by atoms with van der Waals surface area (Å²) < 4.78 is 0. The molecule has 3 heteroatoms. The highest BCUT2D eigenvalue weighted by Gasteiger charge is 2.27. The van der Waals surface area contributed by atoms with Crippen LogP contribution in [0.25, 0.3) is 0 Å². The van der Waals surface area contributed by atoms with E-state index in [2.05, 4.69) is 6.92 Å². The Balaban J connectivity index is 2.18. The first-order valence-electron chi connectivity index (χ1n) is 5.96. The van der Waals surface area contributed by atoms with E-state index in [-0.39, 0.29) is 10.6 Å². The first-order chi connectivity index (χ1) is 7.72. The molecule has 0 amide bonds. The monoisotopic (exact) mass is 219 g/mol. The number of hydrogen-bond donors (Lipinski definition) is 0. The van der Waals surface area contributed by atoms with E-state index in [4.69, 9.17) is 0 Å². The molecule has 2 rings (SSSR count). The maximum Gasteiger partial charge on any atom is 0.269 e. The highest BCUT2D eigenvalue weighted by atomic mass is 16.6. The van der Waals surface area contributed by atoms with Gasteiger partial charge in [0, 0.05) is 12.1 Å². The van der Waals surface area contributed by atoms with Crippen LogP contribution in [-0.4, -0.2) is 4.92 Å². The number of nitro groups is 1. The van der Waals surface area contributed by atoms with Gasteiger partial charge in [-0.25, -0.2) is 0 Å². The zero-order valence-electron chi connectivity index (χ0n) is 9.56. The highest BCUT2D eigenvalue weighted by molar-refractivity contribution is 5.34. The molecular formula is C13H17NO2. The van der Waals surface area contributed by atoms with E-state index in [9.17, 15) is 10.1 Å². The Morgan fingerprint density at radius 3 is 2.56 bits per heavy atom. The number of nitro benzene ring substituents is 1. The molecule has 1 aliphatic carbocycles. The fourth-order valence-corrected chi connectivity index (χ4v) is 2.81. The van der Waals surface area contributed by atoms with Crippen molar-refractivity contribution in [3.63, 3.8) is 0 Å². The largest absolute Gasteiger partial charge is 0.269 e. The molecule has 1 saturated carbocycles. The van der Waals surface area contributed by atoms with E-state index in [1.807, 2.05) is 12.1 Å². The number of non-ortho nitro benzene ring substituents is 1. The van der Waals surface area contributed by atoms with Gasteiger partial charge in [0.05, 0.1) is 4.92 Å². The standard InChI is InChI=1S/C13H17NO2/c1-2-10-4-3-5-13(10)11-6-8-12(9-7-11)14(15)16/h6-10,13H,2-5H2,1H3. The summed E-state index contributed by atoms with van der Waals surface area (Å²) in [4.78, 5) is 10.2. The van der Waals surface area contributed by atoms with Crippen LogP contribution < -0.4 is 0 Å². The van der Waals surface area contributed by atoms with Crippen LogP contribution in [0, 0.1) is 16.0 Å². The molecule has 16 heavy (non-hydrogen) atoms. The van der Waals surface area contributed by atoms with Crippen LogP contribution in [0.5, 0.6) is 0 Å². The van der Waals surface area contributed by atoms with E-state index in [1.54, 1.807) is 12.1 Å². The van der Waals surface area contributed by atoms with Crippen molar-refractivity contribution in [2.75, 3.05) is 0 Å². The molecule has 2 unspecified atom stereocenters. The molecule has 0 heterocycles. The van der Waals surface area contributed by atoms with Gasteiger partial charge in [0.2, 0.25) is 0 Å². The molecule has 0 saturated heterocycles. The van der Waals surface area contributed by atoms with Crippen molar-refractivity contribution < 1.29 is 4.92 Å². The summed E-state index contributed by atoms with van der Waals surface area (Å²) in [5.74, 6) is 1.38. The minimum atomic E-state index is -0.338. The smallest absolute Gasteiger partial charge is 0.258 e. The lowest BCUT2D eigenvalue weighted by Gasteiger charge is -2.17. The topological polar surface area (TPSA) is 43.1 Å². The maximum absolute atomic E-state index is 10.6. The molecule has 1 fully saturated rings. The summed E-state index contributed by atoms with van der Waals surface area (Å²) in [6, 6.07) is 7.11. The maximum atomic E-state index is 10.6. The van der Waals surface area contributed by atoms with Crippen molar-refractivity contribution in [1.82, 2.24) is 0 Å². The molecule has 1 aliphatic rings. The Hall–Kier alpha value is -1.38. The quantitative estimate of drug-likeness (QED) is 0.571. The molecule has 0 radical (unpaired) electrons. The molecule has 0 spiro atoms. The van der Waals surface area contributed by atoms with Crippen molar-refractivity contribution >= 4 is 5.69 Å². The van der Waals surface area contributed by atoms with Crippen molar-refractivity contribution in [2.45, 2.75) is 38.5 Å². The van der Waals surface area contributed by atoms with Crippen LogP contribution >= 0.6 is 0 Å². The van der Waals surface area contributed by atoms with Crippen LogP contribution in [0.15, 0.2) is 24.3 Å². The first-order valence-corrected chi connectivity index (χ1v) is 5.96. The number of benzene rings is 1. The number of hydrogen-bond acceptors (Lipinski definition) is 2. The summed E-state index contributed by atoms with van der Waals surface area (Å²) in [5, 5.41) is 10.6. The third-order valence-corrected chi connectivity index (χ3v) is 3.72. The average molecular weight is 219 g/mol. The van der Waals surface area contributed by atoms with Crippen molar-refractivity contribution in [1.29, 1.82) is 0 Å². The molecule has 2 atom stereocenters. The molecule has 3 nitrogen and oxygen atoms in total. The summed E-state index contributed by atoms with van der Waals surface area (Å²) in [6.45, 7) is 2.23. The second-order valence-electron chi connectivity index (χ2n) is 4.55. The van der Waals surface area contributed by atoms with Gasteiger partial charge in [0.1, 0.15) is 0 Å². The minimum absolute atomic E-state index is 0.190. The van der Waals surface area contributed by atoms with Gasteiger partial charge in [0.15, 0.2) is 0 Å². The zero-order valence-corrected chi connectivity index (χ0v) is 9.56. The second-order valence-corrected chi connectivity index (χ2v) is 4.55. The number of nitrogens with zero attached hydrogens (tertiary/aromatic N) is 1. The van der Waals surface area contributed by atoms with Gasteiger partial charge < -0.3 is 0 Å². The number of rotatable bonds is 3. The Kier molecular flexibility index (Phi) is 3.22. The minimum Gasteiger partial charge on any atom is -0.258 e. The third-order valence-electron chi connectivity index (χ3n) is 3.72. The SMILES string of the molecule is CCC1CCCC1c1ccc([N+](=O)[O-])cc1. The van der Waals surface area contributed by atoms with Gasteiger partial charge in [-0.05, 0) is 30.2 Å². The third kappa shape index (κ3) is 2.08. The summed E-state index contributed by atoms with van der Waals surface area (Å²) in [6.07, 6.45) is 5.04. The Morgan fingerprint density at radius 2 is 2.00 bits per heavy atom. The summed E-state index contributed by atoms with van der Waals surface area (Å²) in [7, 11) is 0. The normalized spacial score (nSPS) is 24.6. The molecule has 0 aliphatic heterocycles. The lowest BCUT2D eigenvalue weighted by Crippen LogP contribution is -2.04. The van der Waals surface area contributed by atoms with Gasteiger partial charge in [0.25, 0.3) is 5.69 Å². The lowest BCUT2D eigenvalue weighted by molar-refractivity contribution is -0.384. The highest BCUT2D eigenvalue weighted by Crippen LogP contribution is 2.41. The zero-order chi connectivity index (χ0) is 11.5. The van der Waals surface area contributed by atoms with Crippen molar-refractivity contribution in [2.24, 2.45) is 5.92 Å². The predicted molar refractivity (Wildman–Crippen MR) is 63.5 cm³/mol. The van der Waals surface area contributed by atoms with Crippen LogP contribution in [0.2, 0.25) is 0 Å². The summed E-state index contributed by atoms with van der Waals surface area (Å²) >= 11 is 0. The van der Waals surface area contributed by atoms with E-state index in [0.717, 1.165) is 5.92 Å². The molecule has 1 aromatic carbocycles. The van der Waals surface area contributed by atoms with Crippen LogP contribution in [0.1, 0.15) is 44.1 Å². The molecule has 0 aromatic heterocycles. The van der Waals surface area contributed by atoms with E-state index >= 15 is 0 Å². The average Bonchev–Trinajstić information content (AvgIpc) is 2.77. The summed E-state index contributed by atoms with van der Waals surface area (Å²) in [5.41, 5.74) is 1.46. The van der Waals surface area contributed by atoms with E-state index in [0.29, 0.717) is 5.92 Å². The van der Waals surface area contributed by atoms with Crippen LogP contribution in [0.3, 0.4) is 0 Å². The Morgan fingerprint density at radius 1 is 1.31 bits per heavy atom. The predicted octanol–water partition coefficient (Wildman–Crippen LogP) is 3.89. The van der Waals surface area contributed by atoms with Gasteiger partial charge in [-0.15, -0.1) is 0 Å². The first kappa shape index (κ1) is 11.1. The second kappa shape index (κ2) is 4.64. The molecule has 1 aromatic rings. The molecule has 0 N–H and O–H groups in total. The van der Waals surface area contributed by atoms with Crippen LogP contribution in [-0.2, 0) is 0 Å². The van der Waals surface area contributed by atoms with Crippen LogP contribution in [0.4, 0.5) is 5.69 Å². The van der Waals surface area contributed by atoms with Gasteiger partial charge >= 0.3 is 0 Å². The van der Waals surface area contributed by atoms with Crippen molar-refractivity contribution in [3.8, 4) is 0 Å². The lowest BCUT2D eigenvalue weighted by atomic mass is 9.87. The molecular weight excluding hydrogens is 202 g/mol. The fourth-order valence-electron chi connectivity index (χ4n) is 2.81. The van der Waals surface area contributed by atoms with Crippen molar-refractivity contribution in [3.05, 3.63) is 39.9 Å². The Bertz CT molecular complexity index is 372. The fraction of sp³-hybridized carbons (Fsp3) is 0.538. The van der Waals surface area contributed by atoms with Gasteiger partial charge in [-0.2, -0.15) is 0 Å². The van der Waals surface area contributed by atoms with Gasteiger partial charge in [-0.3, -0.25) is 10.1 Å². The molecule has 0 bridgehead atoms. The van der Waals surface area contributed by atoms with E-state index in [1.165, 1.54) is 31.2 Å². The Labute approximate surface area is 95.6 Å². The van der Waals surface area contributed by atoms with E-state index < -0.39 is 0 Å². The van der Waals surface area contributed by atoms with Gasteiger partial charge in [-0.1, -0.05) is 31.9 Å².